The SMILES string of the molecule is O=C(O)C1CCc2sc(Nc3ccccc3F)nc21. The molecule has 2 N–H and O–H groups in total. The second-order valence-corrected chi connectivity index (χ2v) is 5.45. The van der Waals surface area contributed by atoms with Gasteiger partial charge in [0.15, 0.2) is 5.13 Å². The van der Waals surface area contributed by atoms with E-state index in [1.165, 1.54) is 17.4 Å². The highest BCUT2D eigenvalue weighted by molar-refractivity contribution is 7.15. The van der Waals surface area contributed by atoms with Gasteiger partial charge in [0.25, 0.3) is 0 Å². The molecule has 3 rings (SSSR count). The van der Waals surface area contributed by atoms with Gasteiger partial charge in [-0.1, -0.05) is 12.1 Å². The van der Waals surface area contributed by atoms with Crippen molar-refractivity contribution in [3.63, 3.8) is 0 Å². The van der Waals surface area contributed by atoms with Crippen LogP contribution in [0.5, 0.6) is 0 Å². The van der Waals surface area contributed by atoms with Gasteiger partial charge >= 0.3 is 5.97 Å². The average molecular weight is 278 g/mol. The van der Waals surface area contributed by atoms with Gasteiger partial charge in [-0.2, -0.15) is 0 Å². The second kappa shape index (κ2) is 4.62. The molecular formula is C13H11FN2O2S. The molecule has 1 aromatic heterocycles. The standard InChI is InChI=1S/C13H11FN2O2S/c14-8-3-1-2-4-9(8)15-13-16-11-7(12(17)18)5-6-10(11)19-13/h1-4,7H,5-6H2,(H,15,16)(H,17,18). The van der Waals surface area contributed by atoms with E-state index >= 15 is 0 Å². The molecule has 1 unspecified atom stereocenters. The highest BCUT2D eigenvalue weighted by Gasteiger charge is 2.32. The minimum absolute atomic E-state index is 0.349. The van der Waals surface area contributed by atoms with Gasteiger partial charge in [-0.05, 0) is 25.0 Å². The fraction of sp³-hybridized carbons (Fsp3) is 0.231. The van der Waals surface area contributed by atoms with E-state index in [0.717, 1.165) is 11.3 Å². The molecule has 0 amide bonds. The first-order valence-corrected chi connectivity index (χ1v) is 6.71. The van der Waals surface area contributed by atoms with Crippen LogP contribution in [0.1, 0.15) is 22.9 Å². The van der Waals surface area contributed by atoms with Gasteiger partial charge < -0.3 is 10.4 Å². The highest BCUT2D eigenvalue weighted by atomic mass is 32.1. The number of carbonyl (C=O) groups is 1. The third-order valence-corrected chi connectivity index (χ3v) is 4.18. The average Bonchev–Trinajstić information content (AvgIpc) is 2.91. The predicted molar refractivity (Wildman–Crippen MR) is 70.5 cm³/mol. The van der Waals surface area contributed by atoms with Crippen molar-refractivity contribution in [1.82, 2.24) is 4.98 Å². The Morgan fingerprint density at radius 1 is 1.47 bits per heavy atom. The zero-order valence-corrected chi connectivity index (χ0v) is 10.7. The highest BCUT2D eigenvalue weighted by Crippen LogP contribution is 2.39. The van der Waals surface area contributed by atoms with Crippen molar-refractivity contribution in [2.24, 2.45) is 0 Å². The first-order valence-electron chi connectivity index (χ1n) is 5.89. The van der Waals surface area contributed by atoms with Crippen LogP contribution in [0.4, 0.5) is 15.2 Å². The maximum absolute atomic E-state index is 13.5. The van der Waals surface area contributed by atoms with Crippen molar-refractivity contribution in [3.8, 4) is 0 Å². The van der Waals surface area contributed by atoms with Gasteiger partial charge in [-0.15, -0.1) is 11.3 Å². The maximum atomic E-state index is 13.5. The van der Waals surface area contributed by atoms with E-state index in [-0.39, 0.29) is 5.82 Å². The van der Waals surface area contributed by atoms with E-state index < -0.39 is 11.9 Å². The van der Waals surface area contributed by atoms with Crippen molar-refractivity contribution in [2.45, 2.75) is 18.8 Å². The molecule has 0 bridgehead atoms. The number of hydrogen-bond acceptors (Lipinski definition) is 4. The molecule has 2 aromatic rings. The minimum atomic E-state index is -0.846. The van der Waals surface area contributed by atoms with Crippen LogP contribution in [0.2, 0.25) is 0 Å². The lowest BCUT2D eigenvalue weighted by atomic mass is 10.1. The monoisotopic (exact) mass is 278 g/mol. The number of aromatic nitrogens is 1. The van der Waals surface area contributed by atoms with E-state index in [1.54, 1.807) is 18.2 Å². The van der Waals surface area contributed by atoms with Crippen LogP contribution in [-0.4, -0.2) is 16.1 Å². The van der Waals surface area contributed by atoms with Crippen molar-refractivity contribution < 1.29 is 14.3 Å². The van der Waals surface area contributed by atoms with E-state index in [2.05, 4.69) is 10.3 Å². The number of nitrogens with zero attached hydrogens (tertiary/aromatic N) is 1. The summed E-state index contributed by atoms with van der Waals surface area (Å²) in [5, 5.41) is 12.5. The molecule has 1 aliphatic carbocycles. The third kappa shape index (κ3) is 2.19. The van der Waals surface area contributed by atoms with Gasteiger partial charge in [0, 0.05) is 4.88 Å². The summed E-state index contributed by atoms with van der Waals surface area (Å²) in [6.07, 6.45) is 1.33. The normalized spacial score (nSPS) is 17.2. The number of hydrogen-bond donors (Lipinski definition) is 2. The third-order valence-electron chi connectivity index (χ3n) is 3.13. The molecular weight excluding hydrogens is 267 g/mol. The summed E-state index contributed by atoms with van der Waals surface area (Å²) in [5.74, 6) is -1.73. The molecule has 1 aliphatic rings. The Hall–Kier alpha value is -1.95. The fourth-order valence-electron chi connectivity index (χ4n) is 2.20. The molecule has 0 spiro atoms. The van der Waals surface area contributed by atoms with Gasteiger partial charge in [-0.25, -0.2) is 9.37 Å². The number of thiazole rings is 1. The zero-order valence-electron chi connectivity index (χ0n) is 9.89. The van der Waals surface area contributed by atoms with E-state index in [0.29, 0.717) is 22.9 Å². The zero-order chi connectivity index (χ0) is 13.4. The molecule has 4 nitrogen and oxygen atoms in total. The number of benzene rings is 1. The number of anilines is 2. The summed E-state index contributed by atoms with van der Waals surface area (Å²) in [4.78, 5) is 16.3. The lowest BCUT2D eigenvalue weighted by Crippen LogP contribution is -2.08. The number of halogens is 1. The molecule has 0 radical (unpaired) electrons. The number of nitrogens with one attached hydrogen (secondary N) is 1. The van der Waals surface area contributed by atoms with Gasteiger partial charge in [-0.3, -0.25) is 4.79 Å². The Bertz CT molecular complexity index is 641. The molecule has 1 atom stereocenters. The first-order chi connectivity index (χ1) is 9.15. The van der Waals surface area contributed by atoms with Gasteiger partial charge in [0.05, 0.1) is 11.4 Å². The van der Waals surface area contributed by atoms with Crippen LogP contribution < -0.4 is 5.32 Å². The number of aliphatic carboxylic acids is 1. The Labute approximate surface area is 112 Å². The van der Waals surface area contributed by atoms with Gasteiger partial charge in [0.1, 0.15) is 11.7 Å². The number of carboxylic acids is 1. The molecule has 0 fully saturated rings. The van der Waals surface area contributed by atoms with Crippen molar-refractivity contribution in [1.29, 1.82) is 0 Å². The maximum Gasteiger partial charge on any atom is 0.312 e. The smallest absolute Gasteiger partial charge is 0.312 e. The summed E-state index contributed by atoms with van der Waals surface area (Å²) in [6, 6.07) is 6.33. The summed E-state index contributed by atoms with van der Waals surface area (Å²) in [5.41, 5.74) is 0.970. The van der Waals surface area contributed by atoms with Crippen LogP contribution in [0, 0.1) is 5.82 Å². The van der Waals surface area contributed by atoms with E-state index in [9.17, 15) is 9.18 Å². The Morgan fingerprint density at radius 3 is 3.00 bits per heavy atom. The second-order valence-electron chi connectivity index (χ2n) is 4.36. The number of rotatable bonds is 3. The molecule has 1 aromatic carbocycles. The van der Waals surface area contributed by atoms with E-state index in [4.69, 9.17) is 5.11 Å². The van der Waals surface area contributed by atoms with Crippen molar-refractivity contribution in [3.05, 3.63) is 40.7 Å². The Balaban J connectivity index is 1.87. The lowest BCUT2D eigenvalue weighted by Gasteiger charge is -2.04. The number of carboxylic acid groups (broad SMARTS) is 1. The van der Waals surface area contributed by atoms with Crippen LogP contribution in [-0.2, 0) is 11.2 Å². The number of fused-ring (bicyclic) bond motifs is 1. The van der Waals surface area contributed by atoms with E-state index in [1.807, 2.05) is 0 Å². The van der Waals surface area contributed by atoms with Crippen LogP contribution >= 0.6 is 11.3 Å². The summed E-state index contributed by atoms with van der Waals surface area (Å²) < 4.78 is 13.5. The topological polar surface area (TPSA) is 62.2 Å². The largest absolute Gasteiger partial charge is 0.481 e. The molecule has 19 heavy (non-hydrogen) atoms. The van der Waals surface area contributed by atoms with Crippen LogP contribution in [0.25, 0.3) is 0 Å². The fourth-order valence-corrected chi connectivity index (χ4v) is 3.25. The molecule has 0 saturated carbocycles. The lowest BCUT2D eigenvalue weighted by molar-refractivity contribution is -0.138. The summed E-state index contributed by atoms with van der Waals surface area (Å²) in [6.45, 7) is 0. The summed E-state index contributed by atoms with van der Waals surface area (Å²) in [7, 11) is 0. The van der Waals surface area contributed by atoms with Gasteiger partial charge in [0.2, 0.25) is 0 Å². The first kappa shape index (κ1) is 12.1. The molecule has 0 saturated heterocycles. The van der Waals surface area contributed by atoms with Crippen molar-refractivity contribution in [2.75, 3.05) is 5.32 Å². The minimum Gasteiger partial charge on any atom is -0.481 e. The molecule has 98 valence electrons. The molecule has 1 heterocycles. The summed E-state index contributed by atoms with van der Waals surface area (Å²) >= 11 is 1.39. The van der Waals surface area contributed by atoms with Crippen LogP contribution in [0.3, 0.4) is 0 Å². The Morgan fingerprint density at radius 2 is 2.26 bits per heavy atom. The molecule has 6 heteroatoms. The quantitative estimate of drug-likeness (QED) is 0.905. The van der Waals surface area contributed by atoms with Crippen LogP contribution in [0.15, 0.2) is 24.3 Å². The predicted octanol–water partition coefficient (Wildman–Crippen LogP) is 3.14. The van der Waals surface area contributed by atoms with Crippen molar-refractivity contribution >= 4 is 28.1 Å². The Kier molecular flexibility index (Phi) is 2.94. The molecule has 0 aliphatic heterocycles. The number of para-hydroxylation sites is 1. The number of aryl methyl sites for hydroxylation is 1.